The molecule has 2 heterocycles. The van der Waals surface area contributed by atoms with E-state index in [0.29, 0.717) is 6.07 Å². The summed E-state index contributed by atoms with van der Waals surface area (Å²) in [5, 5.41) is 18.9. The lowest BCUT2D eigenvalue weighted by molar-refractivity contribution is -0.639. The number of nitrogens with zero attached hydrogens (tertiary/aromatic N) is 6. The molecule has 1 atom stereocenters. The highest BCUT2D eigenvalue weighted by molar-refractivity contribution is 5.25. The summed E-state index contributed by atoms with van der Waals surface area (Å²) in [6, 6.07) is 2.99. The van der Waals surface area contributed by atoms with E-state index in [-0.39, 0.29) is 18.7 Å². The standard InChI is InChI=1S/C13H14F2N7O/c14-10-1-2-11(12(15)3-10)13(23,4-21-7-17-6-18-21)5-22-9-20(16)8-19-22/h1-3,6-9,23H,4-5,16H2/q+1. The molecule has 3 N–H and O–H groups in total. The summed E-state index contributed by atoms with van der Waals surface area (Å²) >= 11 is 0. The second-order valence-electron chi connectivity index (χ2n) is 5.14. The summed E-state index contributed by atoms with van der Waals surface area (Å²) < 4.78 is 31.2. The lowest BCUT2D eigenvalue weighted by Crippen LogP contribution is -2.43. The molecule has 0 saturated heterocycles. The van der Waals surface area contributed by atoms with Crippen molar-refractivity contribution >= 4 is 0 Å². The summed E-state index contributed by atoms with van der Waals surface area (Å²) in [5.74, 6) is 3.93. The van der Waals surface area contributed by atoms with Crippen LogP contribution in [0, 0.1) is 11.6 Å². The van der Waals surface area contributed by atoms with Crippen molar-refractivity contribution in [3.63, 3.8) is 0 Å². The van der Waals surface area contributed by atoms with Crippen LogP contribution in [0.15, 0.2) is 43.5 Å². The maximum absolute atomic E-state index is 14.2. The lowest BCUT2D eigenvalue weighted by Gasteiger charge is -2.26. The third-order valence-corrected chi connectivity index (χ3v) is 3.35. The highest BCUT2D eigenvalue weighted by atomic mass is 19.1. The van der Waals surface area contributed by atoms with Gasteiger partial charge in [-0.1, -0.05) is 6.07 Å². The van der Waals surface area contributed by atoms with E-state index in [1.165, 1.54) is 45.4 Å². The second kappa shape index (κ2) is 5.72. The van der Waals surface area contributed by atoms with Crippen molar-refractivity contribution in [1.82, 2.24) is 24.5 Å². The average molecular weight is 322 g/mol. The van der Waals surface area contributed by atoms with Crippen molar-refractivity contribution in [3.8, 4) is 0 Å². The van der Waals surface area contributed by atoms with Gasteiger partial charge >= 0.3 is 0 Å². The molecule has 0 amide bonds. The van der Waals surface area contributed by atoms with Crippen molar-refractivity contribution in [2.24, 2.45) is 0 Å². The topological polar surface area (TPSA) is 98.7 Å². The van der Waals surface area contributed by atoms with Crippen LogP contribution in [0.5, 0.6) is 0 Å². The summed E-state index contributed by atoms with van der Waals surface area (Å²) in [6.07, 6.45) is 5.44. The van der Waals surface area contributed by atoms with E-state index in [9.17, 15) is 13.9 Å². The average Bonchev–Trinajstić information content (AvgIpc) is 3.10. The van der Waals surface area contributed by atoms with Gasteiger partial charge in [-0.2, -0.15) is 5.10 Å². The minimum atomic E-state index is -1.73. The molecule has 0 fully saturated rings. The Morgan fingerprint density at radius 2 is 2.00 bits per heavy atom. The van der Waals surface area contributed by atoms with Crippen LogP contribution in [-0.2, 0) is 18.7 Å². The summed E-state index contributed by atoms with van der Waals surface area (Å²) in [4.78, 5) is 3.79. The molecule has 0 radical (unpaired) electrons. The van der Waals surface area contributed by atoms with Gasteiger partial charge in [0.1, 0.15) is 36.4 Å². The van der Waals surface area contributed by atoms with Gasteiger partial charge in [0.2, 0.25) is 6.33 Å². The molecule has 0 spiro atoms. The predicted octanol–water partition coefficient (Wildman–Crippen LogP) is -0.658. The summed E-state index contributed by atoms with van der Waals surface area (Å²) in [7, 11) is 0. The largest absolute Gasteiger partial charge is 0.380 e. The number of hydrogen-bond donors (Lipinski definition) is 2. The molecule has 3 rings (SSSR count). The van der Waals surface area contributed by atoms with E-state index >= 15 is 0 Å². The van der Waals surface area contributed by atoms with Crippen molar-refractivity contribution in [1.29, 1.82) is 0 Å². The number of nitrogen functional groups attached to an aromatic ring is 1. The van der Waals surface area contributed by atoms with Crippen LogP contribution < -0.4 is 10.5 Å². The maximum Gasteiger partial charge on any atom is 0.286 e. The Labute approximate surface area is 129 Å². The zero-order valence-corrected chi connectivity index (χ0v) is 11.9. The molecule has 10 heteroatoms. The van der Waals surface area contributed by atoms with Gasteiger partial charge in [0.25, 0.3) is 6.33 Å². The number of aromatic nitrogens is 6. The zero-order valence-electron chi connectivity index (χ0n) is 11.9. The number of hydrogen-bond acceptors (Lipinski definition) is 5. The first-order valence-electron chi connectivity index (χ1n) is 6.65. The summed E-state index contributed by atoms with van der Waals surface area (Å²) in [6.45, 7) is -0.209. The molecular weight excluding hydrogens is 308 g/mol. The van der Waals surface area contributed by atoms with Gasteiger partial charge in [-0.25, -0.2) is 18.4 Å². The van der Waals surface area contributed by atoms with Gasteiger partial charge in [-0.3, -0.25) is 5.84 Å². The predicted molar refractivity (Wildman–Crippen MR) is 72.8 cm³/mol. The number of nitrogens with two attached hydrogens (primary N) is 1. The molecular formula is C13H14F2N7O+. The Balaban J connectivity index is 2.01. The van der Waals surface area contributed by atoms with Crippen LogP contribution in [0.1, 0.15) is 5.56 Å². The normalized spacial score (nSPS) is 13.9. The van der Waals surface area contributed by atoms with E-state index in [0.717, 1.165) is 6.07 Å². The zero-order chi connectivity index (χ0) is 16.4. The van der Waals surface area contributed by atoms with Crippen molar-refractivity contribution in [2.45, 2.75) is 18.7 Å². The Morgan fingerprint density at radius 1 is 1.22 bits per heavy atom. The fraction of sp³-hybridized carbons (Fsp3) is 0.231. The molecule has 0 aliphatic heterocycles. The van der Waals surface area contributed by atoms with Crippen LogP contribution in [0.25, 0.3) is 0 Å². The molecule has 0 aliphatic rings. The number of rotatable bonds is 5. The molecule has 23 heavy (non-hydrogen) atoms. The van der Waals surface area contributed by atoms with E-state index in [2.05, 4.69) is 15.2 Å². The molecule has 3 aromatic rings. The summed E-state index contributed by atoms with van der Waals surface area (Å²) in [5.41, 5.74) is -1.81. The SMILES string of the molecule is N[n+]1cnn(CC(O)(Cn2cncn2)c2ccc(F)cc2F)c1. The van der Waals surface area contributed by atoms with Gasteiger partial charge < -0.3 is 5.11 Å². The molecule has 120 valence electrons. The highest BCUT2D eigenvalue weighted by Gasteiger charge is 2.36. The Bertz CT molecular complexity index is 805. The Morgan fingerprint density at radius 3 is 2.61 bits per heavy atom. The fourth-order valence-corrected chi connectivity index (χ4v) is 2.36. The van der Waals surface area contributed by atoms with E-state index < -0.39 is 17.2 Å². The van der Waals surface area contributed by atoms with Crippen LogP contribution in [0.2, 0.25) is 0 Å². The van der Waals surface area contributed by atoms with Crippen molar-refractivity contribution in [3.05, 3.63) is 60.7 Å². The first-order valence-corrected chi connectivity index (χ1v) is 6.65. The van der Waals surface area contributed by atoms with Crippen LogP contribution in [0.3, 0.4) is 0 Å². The van der Waals surface area contributed by atoms with Crippen LogP contribution in [-0.4, -0.2) is 29.7 Å². The van der Waals surface area contributed by atoms with Gasteiger partial charge in [-0.15, -0.1) is 9.36 Å². The van der Waals surface area contributed by atoms with E-state index in [4.69, 9.17) is 5.84 Å². The molecule has 8 nitrogen and oxygen atoms in total. The third kappa shape index (κ3) is 3.16. The highest BCUT2D eigenvalue weighted by Crippen LogP contribution is 2.28. The Hall–Kier alpha value is -2.88. The fourth-order valence-electron chi connectivity index (χ4n) is 2.36. The van der Waals surface area contributed by atoms with Gasteiger partial charge in [0.15, 0.2) is 0 Å². The first kappa shape index (κ1) is 15.0. The van der Waals surface area contributed by atoms with Crippen LogP contribution in [0.4, 0.5) is 8.78 Å². The van der Waals surface area contributed by atoms with E-state index in [1.54, 1.807) is 0 Å². The van der Waals surface area contributed by atoms with Gasteiger partial charge in [0.05, 0.1) is 6.54 Å². The van der Waals surface area contributed by atoms with E-state index in [1.807, 2.05) is 0 Å². The molecule has 2 aromatic heterocycles. The maximum atomic E-state index is 14.2. The van der Waals surface area contributed by atoms with Gasteiger partial charge in [0, 0.05) is 16.7 Å². The third-order valence-electron chi connectivity index (χ3n) is 3.35. The van der Waals surface area contributed by atoms with Crippen molar-refractivity contribution in [2.75, 3.05) is 5.84 Å². The monoisotopic (exact) mass is 322 g/mol. The number of benzene rings is 1. The number of halogens is 2. The number of aliphatic hydroxyl groups is 1. The Kier molecular flexibility index (Phi) is 3.74. The molecule has 0 saturated carbocycles. The minimum absolute atomic E-state index is 0.0755. The molecule has 0 aliphatic carbocycles. The lowest BCUT2D eigenvalue weighted by atomic mass is 9.93. The molecule has 1 aromatic carbocycles. The molecule has 0 bridgehead atoms. The first-order chi connectivity index (χ1) is 11.0. The smallest absolute Gasteiger partial charge is 0.286 e. The second-order valence-corrected chi connectivity index (χ2v) is 5.14. The van der Waals surface area contributed by atoms with Crippen molar-refractivity contribution < 1.29 is 18.6 Å². The van der Waals surface area contributed by atoms with Crippen LogP contribution >= 0.6 is 0 Å². The molecule has 1 unspecified atom stereocenters. The van der Waals surface area contributed by atoms with Gasteiger partial charge in [-0.05, 0) is 6.07 Å². The quantitative estimate of drug-likeness (QED) is 0.480. The minimum Gasteiger partial charge on any atom is -0.380 e.